The Labute approximate surface area is 197 Å². The number of ether oxygens (including phenoxy) is 1. The fraction of sp³-hybridized carbons (Fsp3) is 0.545. The van der Waals surface area contributed by atoms with Crippen molar-refractivity contribution in [2.24, 2.45) is 0 Å². The van der Waals surface area contributed by atoms with E-state index in [9.17, 15) is 18.4 Å². The molecule has 2 aliphatic carbocycles. The van der Waals surface area contributed by atoms with Gasteiger partial charge >= 0.3 is 16.2 Å². The summed E-state index contributed by atoms with van der Waals surface area (Å²) >= 11 is 1.30. The molecule has 0 spiro atoms. The average Bonchev–Trinajstić information content (AvgIpc) is 3.55. The summed E-state index contributed by atoms with van der Waals surface area (Å²) in [4.78, 5) is 17.4. The number of nitrogens with one attached hydrogen (secondary N) is 2. The number of carbonyl (C=O) groups excluding carboxylic acids is 1. The van der Waals surface area contributed by atoms with Gasteiger partial charge in [-0.1, -0.05) is 6.07 Å². The number of quaternary nitrogens is 1. The molecule has 1 aromatic carbocycles. The highest BCUT2D eigenvalue weighted by Gasteiger charge is 2.41. The first kappa shape index (κ1) is 22.7. The molecule has 0 bridgehead atoms. The van der Waals surface area contributed by atoms with Gasteiger partial charge in [-0.15, -0.1) is 11.3 Å². The third-order valence-corrected chi connectivity index (χ3v) is 9.16. The Kier molecular flexibility index (Phi) is 6.17. The zero-order valence-corrected chi connectivity index (χ0v) is 20.2. The lowest BCUT2D eigenvalue weighted by atomic mass is 9.99. The average molecular weight is 493 g/mol. The quantitative estimate of drug-likeness (QED) is 0.619. The van der Waals surface area contributed by atoms with Crippen molar-refractivity contribution in [3.8, 4) is 0 Å². The normalized spacial score (nSPS) is 19.2. The second-order valence-corrected chi connectivity index (χ2v) is 11.6. The van der Waals surface area contributed by atoms with Gasteiger partial charge in [0.15, 0.2) is 5.82 Å². The molecule has 1 saturated heterocycles. The van der Waals surface area contributed by atoms with Crippen LogP contribution in [-0.2, 0) is 40.6 Å². The fourth-order valence-corrected chi connectivity index (χ4v) is 7.28. The van der Waals surface area contributed by atoms with Gasteiger partial charge in [0.25, 0.3) is 0 Å². The Morgan fingerprint density at radius 3 is 2.39 bits per heavy atom. The lowest BCUT2D eigenvalue weighted by Crippen LogP contribution is -3.14. The van der Waals surface area contributed by atoms with E-state index in [0.29, 0.717) is 36.8 Å². The zero-order valence-electron chi connectivity index (χ0n) is 18.6. The Bertz CT molecular complexity index is 1140. The number of urea groups is 1. The van der Waals surface area contributed by atoms with Gasteiger partial charge in [0.1, 0.15) is 0 Å². The van der Waals surface area contributed by atoms with Gasteiger partial charge in [-0.05, 0) is 80.5 Å². The molecule has 11 heteroatoms. The van der Waals surface area contributed by atoms with Gasteiger partial charge in [0.2, 0.25) is 0 Å². The fourth-order valence-electron chi connectivity index (χ4n) is 5.22. The molecule has 2 heterocycles. The van der Waals surface area contributed by atoms with Crippen LogP contribution in [0.2, 0.25) is 0 Å². The number of anilines is 2. The lowest BCUT2D eigenvalue weighted by Gasteiger charge is -2.35. The number of carbonyl (C=O) groups is 1. The SMILES string of the molecule is Cc1nc(N(C2CCOCC2)S(=O)(=O)[NH+]([O-])C(=O)Nc2c3c(cc4c2CCC4)CCC3)cs1. The molecule has 0 radical (unpaired) electrons. The van der Waals surface area contributed by atoms with Crippen LogP contribution < -0.4 is 14.1 Å². The van der Waals surface area contributed by atoms with Crippen LogP contribution in [0.15, 0.2) is 11.4 Å². The van der Waals surface area contributed by atoms with E-state index in [4.69, 9.17) is 4.74 Å². The first-order valence-corrected chi connectivity index (χ1v) is 13.7. The highest BCUT2D eigenvalue weighted by atomic mass is 32.2. The van der Waals surface area contributed by atoms with Gasteiger partial charge in [0.05, 0.1) is 16.7 Å². The molecular weight excluding hydrogens is 464 g/mol. The van der Waals surface area contributed by atoms with Crippen molar-refractivity contribution in [1.82, 2.24) is 4.98 Å². The first-order valence-electron chi connectivity index (χ1n) is 11.4. The van der Waals surface area contributed by atoms with Crippen LogP contribution in [0.25, 0.3) is 0 Å². The molecule has 1 unspecified atom stereocenters. The van der Waals surface area contributed by atoms with Crippen LogP contribution >= 0.6 is 11.3 Å². The molecule has 33 heavy (non-hydrogen) atoms. The number of aryl methyl sites for hydroxylation is 3. The molecule has 2 N–H and O–H groups in total. The van der Waals surface area contributed by atoms with E-state index in [1.807, 2.05) is 0 Å². The predicted octanol–water partition coefficient (Wildman–Crippen LogP) is 2.27. The number of hydrogen-bond acceptors (Lipinski definition) is 7. The number of amides is 2. The van der Waals surface area contributed by atoms with Gasteiger partial charge in [-0.3, -0.25) is 5.32 Å². The minimum absolute atomic E-state index is 0.187. The maximum absolute atomic E-state index is 13.5. The van der Waals surface area contributed by atoms with Crippen molar-refractivity contribution in [3.05, 3.63) is 43.9 Å². The molecule has 1 aliphatic heterocycles. The molecule has 1 atom stereocenters. The molecule has 1 fully saturated rings. The van der Waals surface area contributed by atoms with Crippen molar-refractivity contribution < 1.29 is 22.4 Å². The highest BCUT2D eigenvalue weighted by Crippen LogP contribution is 2.38. The van der Waals surface area contributed by atoms with Crippen molar-refractivity contribution in [2.75, 3.05) is 22.8 Å². The van der Waals surface area contributed by atoms with Gasteiger partial charge in [-0.25, -0.2) is 14.1 Å². The summed E-state index contributed by atoms with van der Waals surface area (Å²) < 4.78 is 31.9. The van der Waals surface area contributed by atoms with Gasteiger partial charge < -0.3 is 9.94 Å². The minimum atomic E-state index is -4.62. The molecule has 3 aliphatic rings. The third-order valence-electron chi connectivity index (χ3n) is 6.75. The smallest absolute Gasteiger partial charge is 0.436 e. The number of thiazole rings is 1. The number of hydroxylamine groups is 1. The molecule has 2 amide bonds. The highest BCUT2D eigenvalue weighted by molar-refractivity contribution is 7.86. The number of rotatable bonds is 5. The van der Waals surface area contributed by atoms with Crippen LogP contribution in [0, 0.1) is 12.1 Å². The summed E-state index contributed by atoms with van der Waals surface area (Å²) in [6.07, 6.45) is 6.39. The third kappa shape index (κ3) is 4.17. The van der Waals surface area contributed by atoms with Crippen LogP contribution in [-0.4, -0.2) is 38.7 Å². The van der Waals surface area contributed by atoms with Crippen LogP contribution in [0.5, 0.6) is 0 Å². The molecule has 5 rings (SSSR count). The molecule has 2 aromatic rings. The topological polar surface area (TPSA) is 116 Å². The summed E-state index contributed by atoms with van der Waals surface area (Å²) in [7, 11) is -4.62. The largest absolute Gasteiger partial charge is 0.608 e. The molecule has 0 saturated carbocycles. The standard InChI is InChI=1S/C22H28N4O5S2/c1-14-23-20(13-32-14)25(17-8-10-31-11-9-17)33(29,30)26(28)22(27)24-21-18-6-2-4-15(18)12-16-5-3-7-19(16)21/h12-13,17,26H,2-11H2,1H3,(H,24,27). The van der Waals surface area contributed by atoms with E-state index in [2.05, 4.69) is 16.4 Å². The van der Waals surface area contributed by atoms with Crippen LogP contribution in [0.1, 0.15) is 52.9 Å². The maximum atomic E-state index is 13.5. The first-order chi connectivity index (χ1) is 15.9. The number of nitrogens with zero attached hydrogens (tertiary/aromatic N) is 2. The Morgan fingerprint density at radius 1 is 1.18 bits per heavy atom. The van der Waals surface area contributed by atoms with Crippen molar-refractivity contribution >= 4 is 39.1 Å². The van der Waals surface area contributed by atoms with E-state index in [1.165, 1.54) is 22.5 Å². The lowest BCUT2D eigenvalue weighted by molar-refractivity contribution is -0.604. The van der Waals surface area contributed by atoms with E-state index in [0.717, 1.165) is 54.0 Å². The van der Waals surface area contributed by atoms with Gasteiger partial charge in [0, 0.05) is 18.6 Å². The second-order valence-electron chi connectivity index (χ2n) is 8.84. The monoisotopic (exact) mass is 492 g/mol. The number of hydrogen-bond donors (Lipinski definition) is 2. The van der Waals surface area contributed by atoms with E-state index in [1.54, 1.807) is 12.3 Å². The van der Waals surface area contributed by atoms with Crippen molar-refractivity contribution in [3.63, 3.8) is 0 Å². The summed E-state index contributed by atoms with van der Waals surface area (Å²) in [6, 6.07) is 0.636. The molecule has 9 nitrogen and oxygen atoms in total. The van der Waals surface area contributed by atoms with E-state index in [-0.39, 0.29) is 5.82 Å². The Balaban J connectivity index is 1.45. The summed E-state index contributed by atoms with van der Waals surface area (Å²) in [5, 5.41) is 18.2. The maximum Gasteiger partial charge on any atom is 0.436 e. The number of fused-ring (bicyclic) bond motifs is 2. The van der Waals surface area contributed by atoms with E-state index >= 15 is 0 Å². The van der Waals surface area contributed by atoms with Crippen molar-refractivity contribution in [1.29, 1.82) is 0 Å². The molecule has 178 valence electrons. The summed E-state index contributed by atoms with van der Waals surface area (Å²) in [5.74, 6) is 0.187. The minimum Gasteiger partial charge on any atom is -0.608 e. The predicted molar refractivity (Wildman–Crippen MR) is 126 cm³/mol. The summed E-state index contributed by atoms with van der Waals surface area (Å²) in [5.41, 5.74) is 5.15. The zero-order chi connectivity index (χ0) is 23.2. The van der Waals surface area contributed by atoms with Crippen LogP contribution in [0.4, 0.5) is 16.3 Å². The number of aromatic nitrogens is 1. The molecular formula is C22H28N4O5S2. The van der Waals surface area contributed by atoms with Crippen molar-refractivity contribution in [2.45, 2.75) is 64.3 Å². The second kappa shape index (κ2) is 8.95. The number of benzene rings is 1. The Hall–Kier alpha value is -2.05. The van der Waals surface area contributed by atoms with Crippen LogP contribution in [0.3, 0.4) is 0 Å². The van der Waals surface area contributed by atoms with E-state index < -0.39 is 26.8 Å². The molecule has 1 aromatic heterocycles. The summed E-state index contributed by atoms with van der Waals surface area (Å²) in [6.45, 7) is 2.55. The Morgan fingerprint density at radius 2 is 1.82 bits per heavy atom. The van der Waals surface area contributed by atoms with Gasteiger partial charge in [-0.2, -0.15) is 12.9 Å².